The van der Waals surface area contributed by atoms with Gasteiger partial charge in [-0.15, -0.1) is 0 Å². The van der Waals surface area contributed by atoms with Crippen LogP contribution in [0.3, 0.4) is 0 Å². The summed E-state index contributed by atoms with van der Waals surface area (Å²) in [4.78, 5) is 13.6. The SMILES string of the molecule is CC(=O)NS(=O)(=O)c1ccc2c(c1)N(Cc1ccccc1)CCCCc1cc(Cl)ccc1CO2. The predicted molar refractivity (Wildman–Crippen MR) is 134 cm³/mol. The summed E-state index contributed by atoms with van der Waals surface area (Å²) in [5.74, 6) is -0.0512. The second-order valence-electron chi connectivity index (χ2n) is 8.36. The summed E-state index contributed by atoms with van der Waals surface area (Å²) < 4.78 is 33.7. The average Bonchev–Trinajstić information content (AvgIpc) is 2.83. The molecule has 6 nitrogen and oxygen atoms in total. The van der Waals surface area contributed by atoms with Crippen LogP contribution in [0.4, 0.5) is 5.69 Å². The van der Waals surface area contributed by atoms with E-state index in [0.29, 0.717) is 36.2 Å². The van der Waals surface area contributed by atoms with E-state index in [0.717, 1.165) is 36.0 Å². The van der Waals surface area contributed by atoms with Gasteiger partial charge in [-0.05, 0) is 66.3 Å². The lowest BCUT2D eigenvalue weighted by atomic mass is 10.0. The number of ether oxygens (including phenoxy) is 1. The number of aryl methyl sites for hydroxylation is 1. The topological polar surface area (TPSA) is 75.7 Å². The summed E-state index contributed by atoms with van der Waals surface area (Å²) in [6, 6.07) is 20.6. The second kappa shape index (κ2) is 10.5. The van der Waals surface area contributed by atoms with Crippen LogP contribution < -0.4 is 14.4 Å². The first-order valence-corrected chi connectivity index (χ1v) is 13.0. The smallest absolute Gasteiger partial charge is 0.264 e. The van der Waals surface area contributed by atoms with Crippen molar-refractivity contribution in [2.75, 3.05) is 11.4 Å². The van der Waals surface area contributed by atoms with Crippen LogP contribution in [0.5, 0.6) is 5.75 Å². The fourth-order valence-corrected chi connectivity index (χ4v) is 5.32. The molecule has 0 spiro atoms. The predicted octanol–water partition coefficient (Wildman–Crippen LogP) is 5.09. The van der Waals surface area contributed by atoms with Gasteiger partial charge in [-0.1, -0.05) is 48.0 Å². The van der Waals surface area contributed by atoms with Crippen LogP contribution in [0.25, 0.3) is 0 Å². The number of hydrogen-bond acceptors (Lipinski definition) is 5. The summed E-state index contributed by atoms with van der Waals surface area (Å²) in [6.45, 7) is 2.83. The first kappa shape index (κ1) is 24.1. The third-order valence-electron chi connectivity index (χ3n) is 5.75. The maximum absolute atomic E-state index is 12.7. The van der Waals surface area contributed by atoms with E-state index < -0.39 is 15.9 Å². The highest BCUT2D eigenvalue weighted by molar-refractivity contribution is 7.90. The third kappa shape index (κ3) is 5.90. The molecule has 0 fully saturated rings. The van der Waals surface area contributed by atoms with Gasteiger partial charge in [-0.3, -0.25) is 4.79 Å². The molecule has 1 aliphatic heterocycles. The van der Waals surface area contributed by atoms with E-state index in [9.17, 15) is 13.2 Å². The fraction of sp³-hybridized carbons (Fsp3) is 0.269. The van der Waals surface area contributed by atoms with Gasteiger partial charge < -0.3 is 9.64 Å². The molecule has 34 heavy (non-hydrogen) atoms. The Bertz CT molecular complexity index is 1280. The third-order valence-corrected chi connectivity index (χ3v) is 7.42. The van der Waals surface area contributed by atoms with Crippen LogP contribution in [0.15, 0.2) is 71.6 Å². The molecule has 1 amide bonds. The van der Waals surface area contributed by atoms with Crippen molar-refractivity contribution < 1.29 is 17.9 Å². The molecule has 1 N–H and O–H groups in total. The average molecular weight is 499 g/mol. The standard InChI is InChI=1S/C26H27ClN2O4S/c1-19(30)28-34(31,32)24-12-13-26-25(16-24)29(17-20-7-3-2-4-8-20)14-6-5-9-21-15-23(27)11-10-22(21)18-33-26/h2-4,7-8,10-13,15-16H,5-6,9,14,17-18H2,1H3,(H,28,30). The molecule has 8 heteroatoms. The minimum absolute atomic E-state index is 0.0187. The van der Waals surface area contributed by atoms with E-state index in [4.69, 9.17) is 16.3 Å². The van der Waals surface area contributed by atoms with Crippen LogP contribution in [0, 0.1) is 0 Å². The highest BCUT2D eigenvalue weighted by Gasteiger charge is 2.22. The number of nitrogens with one attached hydrogen (secondary N) is 1. The number of carbonyl (C=O) groups is 1. The van der Waals surface area contributed by atoms with Crippen molar-refractivity contribution in [3.63, 3.8) is 0 Å². The van der Waals surface area contributed by atoms with E-state index in [1.807, 2.05) is 53.3 Å². The zero-order valence-electron chi connectivity index (χ0n) is 19.0. The Hall–Kier alpha value is -3.03. The number of nitrogens with zero attached hydrogens (tertiary/aromatic N) is 1. The van der Waals surface area contributed by atoms with Crippen LogP contribution >= 0.6 is 11.6 Å². The molecule has 0 atom stereocenters. The van der Waals surface area contributed by atoms with Gasteiger partial charge in [0.15, 0.2) is 0 Å². The molecule has 0 saturated carbocycles. The van der Waals surface area contributed by atoms with Gasteiger partial charge in [-0.25, -0.2) is 13.1 Å². The zero-order valence-corrected chi connectivity index (χ0v) is 20.5. The number of amides is 1. The van der Waals surface area contributed by atoms with Crippen molar-refractivity contribution in [2.45, 2.75) is 44.2 Å². The first-order chi connectivity index (χ1) is 16.3. The molecule has 0 radical (unpaired) electrons. The molecule has 3 aromatic rings. The molecular weight excluding hydrogens is 472 g/mol. The molecule has 0 unspecified atom stereocenters. The number of rotatable bonds is 4. The fourth-order valence-electron chi connectivity index (χ4n) is 4.11. The van der Waals surface area contributed by atoms with Crippen molar-refractivity contribution in [1.29, 1.82) is 0 Å². The minimum Gasteiger partial charge on any atom is -0.487 e. The number of anilines is 1. The van der Waals surface area contributed by atoms with Gasteiger partial charge in [0.25, 0.3) is 10.0 Å². The summed E-state index contributed by atoms with van der Waals surface area (Å²) in [6.07, 6.45) is 2.75. The summed E-state index contributed by atoms with van der Waals surface area (Å²) in [7, 11) is -3.98. The van der Waals surface area contributed by atoms with Gasteiger partial charge in [0.1, 0.15) is 12.4 Å². The summed E-state index contributed by atoms with van der Waals surface area (Å²) in [5.41, 5.74) is 4.00. The lowest BCUT2D eigenvalue weighted by Crippen LogP contribution is -2.29. The van der Waals surface area contributed by atoms with Gasteiger partial charge in [0.2, 0.25) is 5.91 Å². The Labute approximate surface area is 205 Å². The minimum atomic E-state index is -3.98. The monoisotopic (exact) mass is 498 g/mol. The van der Waals surface area contributed by atoms with E-state index in [-0.39, 0.29) is 4.90 Å². The Morgan fingerprint density at radius 2 is 1.82 bits per heavy atom. The van der Waals surface area contributed by atoms with Gasteiger partial charge in [-0.2, -0.15) is 0 Å². The quantitative estimate of drug-likeness (QED) is 0.542. The molecule has 0 saturated heterocycles. The van der Waals surface area contributed by atoms with Crippen molar-refractivity contribution >= 4 is 33.2 Å². The van der Waals surface area contributed by atoms with E-state index >= 15 is 0 Å². The zero-order chi connectivity index (χ0) is 24.1. The van der Waals surface area contributed by atoms with Crippen LogP contribution in [0.1, 0.15) is 36.5 Å². The van der Waals surface area contributed by atoms with Crippen LogP contribution in [-0.2, 0) is 34.4 Å². The van der Waals surface area contributed by atoms with E-state index in [1.165, 1.54) is 13.0 Å². The Morgan fingerprint density at radius 3 is 2.59 bits per heavy atom. The largest absolute Gasteiger partial charge is 0.487 e. The number of benzene rings is 3. The Kier molecular flexibility index (Phi) is 7.44. The second-order valence-corrected chi connectivity index (χ2v) is 10.5. The molecule has 3 aromatic carbocycles. The van der Waals surface area contributed by atoms with Crippen LogP contribution in [-0.4, -0.2) is 20.9 Å². The number of carbonyl (C=O) groups excluding carboxylic acids is 1. The van der Waals surface area contributed by atoms with E-state index in [1.54, 1.807) is 12.1 Å². The molecule has 4 rings (SSSR count). The molecule has 0 aliphatic carbocycles. The number of hydrogen-bond donors (Lipinski definition) is 1. The van der Waals surface area contributed by atoms with Gasteiger partial charge in [0, 0.05) is 25.0 Å². The number of sulfonamides is 1. The summed E-state index contributed by atoms with van der Waals surface area (Å²) >= 11 is 6.23. The normalized spacial score (nSPS) is 14.2. The molecule has 1 aliphatic rings. The lowest BCUT2D eigenvalue weighted by Gasteiger charge is -2.27. The maximum atomic E-state index is 12.7. The van der Waals surface area contributed by atoms with Crippen LogP contribution in [0.2, 0.25) is 5.02 Å². The molecule has 1 heterocycles. The van der Waals surface area contributed by atoms with E-state index in [2.05, 4.69) is 4.90 Å². The number of fused-ring (bicyclic) bond motifs is 2. The Balaban J connectivity index is 1.76. The Morgan fingerprint density at radius 1 is 1.03 bits per heavy atom. The van der Waals surface area contributed by atoms with Crippen molar-refractivity contribution in [1.82, 2.24) is 4.72 Å². The lowest BCUT2D eigenvalue weighted by molar-refractivity contribution is -0.117. The highest BCUT2D eigenvalue weighted by atomic mass is 35.5. The molecule has 178 valence electrons. The van der Waals surface area contributed by atoms with Gasteiger partial charge in [0.05, 0.1) is 10.6 Å². The summed E-state index contributed by atoms with van der Waals surface area (Å²) in [5, 5.41) is 0.701. The first-order valence-electron chi connectivity index (χ1n) is 11.2. The van der Waals surface area contributed by atoms with Crippen molar-refractivity contribution in [2.24, 2.45) is 0 Å². The van der Waals surface area contributed by atoms with Crippen molar-refractivity contribution in [3.05, 3.63) is 88.4 Å². The molecule has 0 aromatic heterocycles. The molecular formula is C26H27ClN2O4S. The number of halogens is 1. The van der Waals surface area contributed by atoms with Gasteiger partial charge >= 0.3 is 0 Å². The molecule has 0 bridgehead atoms. The maximum Gasteiger partial charge on any atom is 0.264 e. The van der Waals surface area contributed by atoms with Crippen molar-refractivity contribution in [3.8, 4) is 5.75 Å². The highest BCUT2D eigenvalue weighted by Crippen LogP contribution is 2.34.